The van der Waals surface area contributed by atoms with Crippen LogP contribution in [0.1, 0.15) is 11.1 Å². The zero-order chi connectivity index (χ0) is 17.6. The smallest absolute Gasteiger partial charge is 0.250 e. The second-order valence-corrected chi connectivity index (χ2v) is 7.42. The molecule has 0 fully saturated rings. The first kappa shape index (κ1) is 18.1. The average molecular weight is 442 g/mol. The van der Waals surface area contributed by atoms with Crippen molar-refractivity contribution in [1.82, 2.24) is 5.43 Å². The summed E-state index contributed by atoms with van der Waals surface area (Å²) in [6.45, 7) is 0.211. The third-order valence-corrected chi connectivity index (χ3v) is 5.20. The molecule has 0 saturated carbocycles. The molecule has 8 heteroatoms. The van der Waals surface area contributed by atoms with E-state index < -0.39 is 0 Å². The number of carbonyl (C=O) groups excluding carboxylic acids is 1. The number of thioether (sulfide) groups is 1. The Morgan fingerprint density at radius 3 is 2.92 bits per heavy atom. The molecule has 0 aromatic heterocycles. The Hall–Kier alpha value is -1.70. The first-order valence-corrected chi connectivity index (χ1v) is 9.67. The predicted molar refractivity (Wildman–Crippen MR) is 104 cm³/mol. The number of halogens is 2. The molecule has 0 unspecified atom stereocenters. The van der Waals surface area contributed by atoms with E-state index in [2.05, 4.69) is 26.5 Å². The van der Waals surface area contributed by atoms with Crippen molar-refractivity contribution in [2.24, 2.45) is 5.10 Å². The summed E-state index contributed by atoms with van der Waals surface area (Å²) in [6.07, 6.45) is 1.56. The zero-order valence-electron chi connectivity index (χ0n) is 13.0. The second kappa shape index (κ2) is 8.60. The second-order valence-electron chi connectivity index (χ2n) is 5.14. The SMILES string of the molecule is O=C(CSCc1cccc(Cl)c1)NN=Cc1cc2c(cc1Br)OCO2. The topological polar surface area (TPSA) is 59.9 Å². The summed E-state index contributed by atoms with van der Waals surface area (Å²) in [5, 5.41) is 4.68. The quantitative estimate of drug-likeness (QED) is 0.539. The highest BCUT2D eigenvalue weighted by Crippen LogP contribution is 2.36. The molecular formula is C17H14BrClN2O3S. The van der Waals surface area contributed by atoms with Gasteiger partial charge in [-0.2, -0.15) is 5.10 Å². The van der Waals surface area contributed by atoms with E-state index in [1.807, 2.05) is 30.3 Å². The predicted octanol–water partition coefficient (Wildman–Crippen LogP) is 4.21. The normalized spacial score (nSPS) is 12.6. The van der Waals surface area contributed by atoms with Crippen molar-refractivity contribution >= 4 is 51.4 Å². The summed E-state index contributed by atoms with van der Waals surface area (Å²) in [5.41, 5.74) is 4.38. The molecule has 1 heterocycles. The highest BCUT2D eigenvalue weighted by Gasteiger charge is 2.15. The van der Waals surface area contributed by atoms with Gasteiger partial charge in [-0.05, 0) is 45.8 Å². The minimum absolute atomic E-state index is 0.167. The molecule has 25 heavy (non-hydrogen) atoms. The third kappa shape index (κ3) is 5.14. The third-order valence-electron chi connectivity index (χ3n) is 3.28. The van der Waals surface area contributed by atoms with E-state index in [1.165, 1.54) is 11.8 Å². The minimum Gasteiger partial charge on any atom is -0.454 e. The number of amides is 1. The lowest BCUT2D eigenvalue weighted by Gasteiger charge is -2.03. The first-order chi connectivity index (χ1) is 12.1. The summed E-state index contributed by atoms with van der Waals surface area (Å²) in [5.74, 6) is 2.20. The molecule has 1 N–H and O–H groups in total. The molecule has 0 bridgehead atoms. The molecule has 1 amide bonds. The summed E-state index contributed by atoms with van der Waals surface area (Å²) < 4.78 is 11.4. The summed E-state index contributed by atoms with van der Waals surface area (Å²) >= 11 is 10.9. The standard InChI is InChI=1S/C17H14BrClN2O3S/c18-14-6-16-15(23-10-24-16)5-12(14)7-20-21-17(22)9-25-8-11-2-1-3-13(19)4-11/h1-7H,8-10H2,(H,21,22). The lowest BCUT2D eigenvalue weighted by atomic mass is 10.2. The lowest BCUT2D eigenvalue weighted by molar-refractivity contribution is -0.118. The first-order valence-electron chi connectivity index (χ1n) is 7.35. The van der Waals surface area contributed by atoms with Crippen LogP contribution in [-0.2, 0) is 10.5 Å². The molecule has 0 aliphatic carbocycles. The van der Waals surface area contributed by atoms with Crippen molar-refractivity contribution < 1.29 is 14.3 Å². The van der Waals surface area contributed by atoms with Crippen molar-refractivity contribution in [2.75, 3.05) is 12.5 Å². The van der Waals surface area contributed by atoms with Crippen LogP contribution in [0, 0.1) is 0 Å². The zero-order valence-corrected chi connectivity index (χ0v) is 16.2. The molecule has 1 aliphatic rings. The van der Waals surface area contributed by atoms with Gasteiger partial charge in [-0.15, -0.1) is 11.8 Å². The summed E-state index contributed by atoms with van der Waals surface area (Å²) in [7, 11) is 0. The number of hydrogen-bond donors (Lipinski definition) is 1. The molecule has 0 saturated heterocycles. The van der Waals surface area contributed by atoms with Crippen LogP contribution in [-0.4, -0.2) is 24.7 Å². The molecule has 130 valence electrons. The van der Waals surface area contributed by atoms with E-state index in [4.69, 9.17) is 21.1 Å². The van der Waals surface area contributed by atoms with Gasteiger partial charge in [-0.1, -0.05) is 23.7 Å². The van der Waals surface area contributed by atoms with Gasteiger partial charge < -0.3 is 9.47 Å². The molecular weight excluding hydrogens is 428 g/mol. The van der Waals surface area contributed by atoms with Gasteiger partial charge in [0.1, 0.15) is 0 Å². The molecule has 0 atom stereocenters. The number of rotatable bonds is 6. The molecule has 5 nitrogen and oxygen atoms in total. The summed E-state index contributed by atoms with van der Waals surface area (Å²) in [6, 6.07) is 11.2. The molecule has 0 radical (unpaired) electrons. The number of nitrogens with zero attached hydrogens (tertiary/aromatic N) is 1. The van der Waals surface area contributed by atoms with Crippen molar-refractivity contribution in [3.63, 3.8) is 0 Å². The Balaban J connectivity index is 1.46. The highest BCUT2D eigenvalue weighted by atomic mass is 79.9. The number of hydrazone groups is 1. The van der Waals surface area contributed by atoms with Crippen LogP contribution in [0.4, 0.5) is 0 Å². The number of hydrogen-bond acceptors (Lipinski definition) is 5. The minimum atomic E-state index is -0.167. The van der Waals surface area contributed by atoms with Gasteiger partial charge in [0.25, 0.3) is 0 Å². The van der Waals surface area contributed by atoms with Gasteiger partial charge in [-0.3, -0.25) is 4.79 Å². The Morgan fingerprint density at radius 1 is 1.32 bits per heavy atom. The van der Waals surface area contributed by atoms with Gasteiger partial charge in [0, 0.05) is 20.8 Å². The van der Waals surface area contributed by atoms with Crippen molar-refractivity contribution in [1.29, 1.82) is 0 Å². The van der Waals surface area contributed by atoms with Crippen LogP contribution >= 0.6 is 39.3 Å². The largest absolute Gasteiger partial charge is 0.454 e. The molecule has 2 aromatic carbocycles. The maximum atomic E-state index is 11.8. The number of benzene rings is 2. The fourth-order valence-electron chi connectivity index (χ4n) is 2.13. The van der Waals surface area contributed by atoms with E-state index in [1.54, 1.807) is 12.3 Å². The molecule has 2 aromatic rings. The van der Waals surface area contributed by atoms with Gasteiger partial charge in [0.05, 0.1) is 12.0 Å². The molecule has 1 aliphatic heterocycles. The summed E-state index contributed by atoms with van der Waals surface area (Å²) in [4.78, 5) is 11.8. The Morgan fingerprint density at radius 2 is 2.12 bits per heavy atom. The number of nitrogens with one attached hydrogen (secondary N) is 1. The van der Waals surface area contributed by atoms with Gasteiger partial charge in [0.2, 0.25) is 12.7 Å². The maximum absolute atomic E-state index is 11.8. The van der Waals surface area contributed by atoms with Crippen LogP contribution in [0.15, 0.2) is 46.0 Å². The van der Waals surface area contributed by atoms with Crippen LogP contribution in [0.25, 0.3) is 0 Å². The van der Waals surface area contributed by atoms with Crippen LogP contribution < -0.4 is 14.9 Å². The Bertz CT molecular complexity index is 816. The maximum Gasteiger partial charge on any atom is 0.250 e. The van der Waals surface area contributed by atoms with Crippen LogP contribution in [0.5, 0.6) is 11.5 Å². The van der Waals surface area contributed by atoms with E-state index in [0.29, 0.717) is 28.0 Å². The fraction of sp³-hybridized carbons (Fsp3) is 0.176. The molecule has 3 rings (SSSR count). The van der Waals surface area contributed by atoms with E-state index in [0.717, 1.165) is 15.6 Å². The van der Waals surface area contributed by atoms with Crippen molar-refractivity contribution in [3.05, 3.63) is 57.0 Å². The Labute approximate surface area is 162 Å². The highest BCUT2D eigenvalue weighted by molar-refractivity contribution is 9.10. The number of carbonyl (C=O) groups is 1. The lowest BCUT2D eigenvalue weighted by Crippen LogP contribution is -2.19. The number of fused-ring (bicyclic) bond motifs is 1. The monoisotopic (exact) mass is 440 g/mol. The van der Waals surface area contributed by atoms with E-state index in [-0.39, 0.29) is 12.7 Å². The van der Waals surface area contributed by atoms with Gasteiger partial charge in [-0.25, -0.2) is 5.43 Å². The van der Waals surface area contributed by atoms with Gasteiger partial charge in [0.15, 0.2) is 11.5 Å². The Kier molecular flexibility index (Phi) is 6.23. The van der Waals surface area contributed by atoms with Crippen molar-refractivity contribution in [3.8, 4) is 11.5 Å². The van der Waals surface area contributed by atoms with Crippen LogP contribution in [0.3, 0.4) is 0 Å². The van der Waals surface area contributed by atoms with Crippen molar-refractivity contribution in [2.45, 2.75) is 5.75 Å². The average Bonchev–Trinajstić information content (AvgIpc) is 3.02. The molecule has 0 spiro atoms. The van der Waals surface area contributed by atoms with E-state index in [9.17, 15) is 4.79 Å². The van der Waals surface area contributed by atoms with E-state index >= 15 is 0 Å². The van der Waals surface area contributed by atoms with Crippen LogP contribution in [0.2, 0.25) is 5.02 Å². The number of ether oxygens (including phenoxy) is 2. The fourth-order valence-corrected chi connectivity index (χ4v) is 3.53. The van der Waals surface area contributed by atoms with Gasteiger partial charge >= 0.3 is 0 Å².